The van der Waals surface area contributed by atoms with Crippen molar-refractivity contribution in [2.75, 3.05) is 4.90 Å². The molecule has 3 heteroatoms. The van der Waals surface area contributed by atoms with Crippen LogP contribution in [0.3, 0.4) is 0 Å². The summed E-state index contributed by atoms with van der Waals surface area (Å²) in [6.45, 7) is 0. The molecule has 10 aromatic carbocycles. The normalized spacial score (nSPS) is 12.8. The van der Waals surface area contributed by atoms with Crippen molar-refractivity contribution in [1.29, 1.82) is 0 Å². The Balaban J connectivity index is 0.930. The maximum absolute atomic E-state index is 6.32. The molecule has 0 spiro atoms. The van der Waals surface area contributed by atoms with E-state index in [4.69, 9.17) is 8.83 Å². The molecule has 0 saturated carbocycles. The van der Waals surface area contributed by atoms with Crippen molar-refractivity contribution in [3.63, 3.8) is 0 Å². The topological polar surface area (TPSA) is 29.5 Å². The third-order valence-corrected chi connectivity index (χ3v) is 13.4. The van der Waals surface area contributed by atoms with E-state index >= 15 is 0 Å². The van der Waals surface area contributed by atoms with Gasteiger partial charge in [-0.2, -0.15) is 0 Å². The Kier molecular flexibility index (Phi) is 8.13. The highest BCUT2D eigenvalue weighted by atomic mass is 16.3. The SMILES string of the molecule is c1ccc(C2(c3ccccc3)c3ccccc3-c3cc(N(c4ccc(-c5ccc(-c6ccc7oc8ccccc8c7c6)cc5)cc4)c4ccc5oc6ccccc6c5c4)ccc32)cc1. The first-order valence-corrected chi connectivity index (χ1v) is 21.9. The second-order valence-electron chi connectivity index (χ2n) is 16.8. The Morgan fingerprint density at radius 1 is 0.281 bits per heavy atom. The number of fused-ring (bicyclic) bond motifs is 9. The first kappa shape index (κ1) is 36.3. The lowest BCUT2D eigenvalue weighted by Gasteiger charge is -2.34. The van der Waals surface area contributed by atoms with Gasteiger partial charge in [0.05, 0.1) is 5.41 Å². The number of rotatable bonds is 7. The van der Waals surface area contributed by atoms with Crippen molar-refractivity contribution >= 4 is 60.9 Å². The summed E-state index contributed by atoms with van der Waals surface area (Å²) in [6.07, 6.45) is 0. The molecular weight excluding hydrogens is 779 g/mol. The quantitative estimate of drug-likeness (QED) is 0.160. The molecule has 1 aliphatic carbocycles. The van der Waals surface area contributed by atoms with Crippen molar-refractivity contribution < 1.29 is 8.83 Å². The van der Waals surface area contributed by atoms with Crippen LogP contribution >= 0.6 is 0 Å². The molecular formula is C61H39NO2. The minimum atomic E-state index is -0.468. The second kappa shape index (κ2) is 14.3. The van der Waals surface area contributed by atoms with Crippen LogP contribution in [0.5, 0.6) is 0 Å². The summed E-state index contributed by atoms with van der Waals surface area (Å²) in [5.41, 5.74) is 18.5. The molecule has 0 unspecified atom stereocenters. The highest BCUT2D eigenvalue weighted by Gasteiger charge is 2.46. The van der Waals surface area contributed by atoms with Crippen LogP contribution in [-0.2, 0) is 5.41 Å². The molecule has 0 atom stereocenters. The van der Waals surface area contributed by atoms with Crippen LogP contribution < -0.4 is 4.90 Å². The van der Waals surface area contributed by atoms with Gasteiger partial charge < -0.3 is 13.7 Å². The molecule has 2 aromatic heterocycles. The van der Waals surface area contributed by atoms with Crippen molar-refractivity contribution in [3.05, 3.63) is 259 Å². The van der Waals surface area contributed by atoms with Gasteiger partial charge in [0.1, 0.15) is 22.3 Å². The zero-order valence-corrected chi connectivity index (χ0v) is 34.8. The number of anilines is 3. The van der Waals surface area contributed by atoms with Crippen LogP contribution in [0.2, 0.25) is 0 Å². The van der Waals surface area contributed by atoms with Gasteiger partial charge in [-0.05, 0) is 122 Å². The van der Waals surface area contributed by atoms with E-state index in [9.17, 15) is 0 Å². The zero-order valence-electron chi connectivity index (χ0n) is 34.8. The Hall–Kier alpha value is -8.40. The van der Waals surface area contributed by atoms with Gasteiger partial charge in [-0.1, -0.05) is 170 Å². The summed E-state index contributed by atoms with van der Waals surface area (Å²) in [5.74, 6) is 0. The third-order valence-electron chi connectivity index (χ3n) is 13.4. The van der Waals surface area contributed by atoms with Gasteiger partial charge in [-0.15, -0.1) is 0 Å². The highest BCUT2D eigenvalue weighted by Crippen LogP contribution is 2.57. The zero-order chi connectivity index (χ0) is 42.2. The smallest absolute Gasteiger partial charge is 0.135 e. The summed E-state index contributed by atoms with van der Waals surface area (Å²) in [6, 6.07) is 85.4. The molecule has 0 fully saturated rings. The molecule has 300 valence electrons. The molecule has 0 aliphatic heterocycles. The van der Waals surface area contributed by atoms with E-state index in [1.165, 1.54) is 44.5 Å². The van der Waals surface area contributed by atoms with Crippen molar-refractivity contribution in [1.82, 2.24) is 0 Å². The first-order chi connectivity index (χ1) is 31.7. The summed E-state index contributed by atoms with van der Waals surface area (Å²) in [7, 11) is 0. The van der Waals surface area contributed by atoms with E-state index in [1.54, 1.807) is 0 Å². The van der Waals surface area contributed by atoms with Gasteiger partial charge in [0.15, 0.2) is 0 Å². The minimum Gasteiger partial charge on any atom is -0.456 e. The van der Waals surface area contributed by atoms with Crippen LogP contribution in [0.15, 0.2) is 245 Å². The van der Waals surface area contributed by atoms with Crippen LogP contribution in [-0.4, -0.2) is 0 Å². The molecule has 0 bridgehead atoms. The Bertz CT molecular complexity index is 3670. The van der Waals surface area contributed by atoms with Crippen molar-refractivity contribution in [2.45, 2.75) is 5.41 Å². The number of para-hydroxylation sites is 2. The predicted octanol–water partition coefficient (Wildman–Crippen LogP) is 16.7. The summed E-state index contributed by atoms with van der Waals surface area (Å²) in [4.78, 5) is 2.39. The van der Waals surface area contributed by atoms with Crippen LogP contribution in [0.25, 0.3) is 77.3 Å². The average molecular weight is 818 g/mol. The Morgan fingerprint density at radius 3 is 1.38 bits per heavy atom. The molecule has 0 N–H and O–H groups in total. The molecule has 3 nitrogen and oxygen atoms in total. The van der Waals surface area contributed by atoms with Gasteiger partial charge in [0, 0.05) is 38.6 Å². The molecule has 1 aliphatic rings. The Morgan fingerprint density at radius 2 is 0.719 bits per heavy atom. The van der Waals surface area contributed by atoms with Crippen LogP contribution in [0, 0.1) is 0 Å². The van der Waals surface area contributed by atoms with E-state index in [0.29, 0.717) is 0 Å². The fraction of sp³-hybridized carbons (Fsp3) is 0.0164. The maximum atomic E-state index is 6.32. The predicted molar refractivity (Wildman–Crippen MR) is 264 cm³/mol. The molecule has 0 amide bonds. The van der Waals surface area contributed by atoms with Gasteiger partial charge in [0.25, 0.3) is 0 Å². The number of hydrogen-bond donors (Lipinski definition) is 0. The number of benzene rings is 10. The second-order valence-corrected chi connectivity index (χ2v) is 16.8. The third kappa shape index (κ3) is 5.54. The maximum Gasteiger partial charge on any atom is 0.135 e. The largest absolute Gasteiger partial charge is 0.456 e. The van der Waals surface area contributed by atoms with E-state index in [0.717, 1.165) is 72.1 Å². The highest BCUT2D eigenvalue weighted by molar-refractivity contribution is 6.07. The monoisotopic (exact) mass is 817 g/mol. The minimum absolute atomic E-state index is 0.468. The average Bonchev–Trinajstić information content (AvgIpc) is 4.03. The van der Waals surface area contributed by atoms with E-state index in [1.807, 2.05) is 24.3 Å². The van der Waals surface area contributed by atoms with Gasteiger partial charge in [-0.25, -0.2) is 0 Å². The molecule has 2 heterocycles. The first-order valence-electron chi connectivity index (χ1n) is 21.9. The number of nitrogens with zero attached hydrogens (tertiary/aromatic N) is 1. The number of hydrogen-bond acceptors (Lipinski definition) is 3. The summed E-state index contributed by atoms with van der Waals surface area (Å²) in [5, 5.41) is 4.47. The fourth-order valence-electron chi connectivity index (χ4n) is 10.4. The van der Waals surface area contributed by atoms with Gasteiger partial charge in [0.2, 0.25) is 0 Å². The summed E-state index contributed by atoms with van der Waals surface area (Å²) >= 11 is 0. The van der Waals surface area contributed by atoms with Crippen LogP contribution in [0.4, 0.5) is 17.1 Å². The molecule has 12 aromatic rings. The van der Waals surface area contributed by atoms with Gasteiger partial charge >= 0.3 is 0 Å². The fourth-order valence-corrected chi connectivity index (χ4v) is 10.4. The standard InChI is InChI=1S/C61H39NO2/c1-3-13-44(14-4-1)61(45-15-5-2-6-16-45)55-20-10-7-17-49(55)52-38-47(32-34-56(52)61)62(48-33-36-60-54(39-48)51-19-9-12-22-58(51)64-60)46-30-27-41(28-31-46)40-23-25-42(26-24-40)43-29-35-59-53(37-43)50-18-8-11-21-57(50)63-59/h1-39H. The molecule has 13 rings (SSSR count). The van der Waals surface area contributed by atoms with Crippen LogP contribution in [0.1, 0.15) is 22.3 Å². The lowest BCUT2D eigenvalue weighted by molar-refractivity contribution is 0.668. The molecule has 0 saturated heterocycles. The number of furan rings is 2. The van der Waals surface area contributed by atoms with E-state index in [-0.39, 0.29) is 0 Å². The lowest BCUT2D eigenvalue weighted by atomic mass is 9.68. The van der Waals surface area contributed by atoms with E-state index < -0.39 is 5.41 Å². The van der Waals surface area contributed by atoms with Crippen molar-refractivity contribution in [2.24, 2.45) is 0 Å². The molecule has 64 heavy (non-hydrogen) atoms. The van der Waals surface area contributed by atoms with Gasteiger partial charge in [-0.3, -0.25) is 0 Å². The lowest BCUT2D eigenvalue weighted by Crippen LogP contribution is -2.28. The molecule has 0 radical (unpaired) electrons. The van der Waals surface area contributed by atoms with E-state index in [2.05, 4.69) is 217 Å². The Labute approximate surface area is 370 Å². The van der Waals surface area contributed by atoms with Crippen molar-refractivity contribution in [3.8, 4) is 33.4 Å². The summed E-state index contributed by atoms with van der Waals surface area (Å²) < 4.78 is 12.4.